The molecule has 138 valence electrons. The molecule has 4 rings (SSSR count). The first kappa shape index (κ1) is 17.1. The minimum atomic E-state index is 0.815. The van der Waals surface area contributed by atoms with Crippen molar-refractivity contribution in [3.8, 4) is 0 Å². The number of anilines is 3. The monoisotopic (exact) mass is 352 g/mol. The molecule has 6 heteroatoms. The SMILES string of the molecule is Cc1cc(N2CCN(c3ccccn3)CC2)nc(N2CCC(C)CC2)n1. The van der Waals surface area contributed by atoms with E-state index in [0.717, 1.165) is 68.5 Å². The predicted molar refractivity (Wildman–Crippen MR) is 106 cm³/mol. The molecule has 0 N–H and O–H groups in total. The molecule has 2 fully saturated rings. The van der Waals surface area contributed by atoms with E-state index in [-0.39, 0.29) is 0 Å². The quantitative estimate of drug-likeness (QED) is 0.847. The molecule has 0 spiro atoms. The molecule has 2 aromatic rings. The highest BCUT2D eigenvalue weighted by atomic mass is 15.3. The fourth-order valence-corrected chi connectivity index (χ4v) is 3.75. The lowest BCUT2D eigenvalue weighted by atomic mass is 10.00. The molecule has 0 radical (unpaired) electrons. The van der Waals surface area contributed by atoms with E-state index in [2.05, 4.69) is 45.7 Å². The van der Waals surface area contributed by atoms with Crippen LogP contribution in [0.2, 0.25) is 0 Å². The summed E-state index contributed by atoms with van der Waals surface area (Å²) in [6.45, 7) is 10.4. The molecule has 2 aromatic heterocycles. The Kier molecular flexibility index (Phi) is 4.91. The van der Waals surface area contributed by atoms with Crippen LogP contribution in [0.15, 0.2) is 30.5 Å². The largest absolute Gasteiger partial charge is 0.353 e. The number of piperidine rings is 1. The van der Waals surface area contributed by atoms with Crippen LogP contribution in [0, 0.1) is 12.8 Å². The summed E-state index contributed by atoms with van der Waals surface area (Å²) < 4.78 is 0. The average Bonchev–Trinajstić information content (AvgIpc) is 2.69. The molecule has 0 bridgehead atoms. The first-order valence-electron chi connectivity index (χ1n) is 9.70. The summed E-state index contributed by atoms with van der Waals surface area (Å²) in [6.07, 6.45) is 4.33. The number of pyridine rings is 1. The Balaban J connectivity index is 1.45. The fraction of sp³-hybridized carbons (Fsp3) is 0.550. The van der Waals surface area contributed by atoms with Gasteiger partial charge in [0.05, 0.1) is 0 Å². The van der Waals surface area contributed by atoms with Crippen molar-refractivity contribution < 1.29 is 0 Å². The zero-order valence-electron chi connectivity index (χ0n) is 15.8. The second kappa shape index (κ2) is 7.48. The Bertz CT molecular complexity index is 718. The van der Waals surface area contributed by atoms with Gasteiger partial charge in [0, 0.05) is 57.2 Å². The van der Waals surface area contributed by atoms with Gasteiger partial charge in [0.1, 0.15) is 11.6 Å². The average molecular weight is 352 g/mol. The molecule has 0 unspecified atom stereocenters. The van der Waals surface area contributed by atoms with E-state index in [4.69, 9.17) is 9.97 Å². The Labute approximate surface area is 155 Å². The van der Waals surface area contributed by atoms with Crippen molar-refractivity contribution in [3.63, 3.8) is 0 Å². The third kappa shape index (κ3) is 3.74. The molecule has 2 aliphatic heterocycles. The maximum absolute atomic E-state index is 4.91. The lowest BCUT2D eigenvalue weighted by Crippen LogP contribution is -2.47. The number of aryl methyl sites for hydroxylation is 1. The molecule has 0 aliphatic carbocycles. The molecule has 2 aliphatic rings. The van der Waals surface area contributed by atoms with Crippen LogP contribution in [0.5, 0.6) is 0 Å². The molecule has 2 saturated heterocycles. The first-order valence-corrected chi connectivity index (χ1v) is 9.70. The molecular weight excluding hydrogens is 324 g/mol. The number of nitrogens with zero attached hydrogens (tertiary/aromatic N) is 6. The molecule has 0 saturated carbocycles. The van der Waals surface area contributed by atoms with Crippen molar-refractivity contribution in [2.75, 3.05) is 54.0 Å². The zero-order chi connectivity index (χ0) is 17.9. The lowest BCUT2D eigenvalue weighted by Gasteiger charge is -2.36. The lowest BCUT2D eigenvalue weighted by molar-refractivity contribution is 0.434. The van der Waals surface area contributed by atoms with E-state index in [1.165, 1.54) is 12.8 Å². The summed E-state index contributed by atoms with van der Waals surface area (Å²) in [7, 11) is 0. The first-order chi connectivity index (χ1) is 12.7. The summed E-state index contributed by atoms with van der Waals surface area (Å²) in [5, 5.41) is 0. The van der Waals surface area contributed by atoms with Gasteiger partial charge in [-0.15, -0.1) is 0 Å². The second-order valence-corrected chi connectivity index (χ2v) is 7.50. The Hall–Kier alpha value is -2.37. The summed E-state index contributed by atoms with van der Waals surface area (Å²) in [6, 6.07) is 8.22. The normalized spacial score (nSPS) is 19.1. The molecular formula is C20H28N6. The highest BCUT2D eigenvalue weighted by Crippen LogP contribution is 2.24. The molecule has 0 atom stereocenters. The van der Waals surface area contributed by atoms with Gasteiger partial charge in [0.2, 0.25) is 5.95 Å². The number of hydrogen-bond acceptors (Lipinski definition) is 6. The van der Waals surface area contributed by atoms with E-state index < -0.39 is 0 Å². The van der Waals surface area contributed by atoms with Crippen LogP contribution in [-0.2, 0) is 0 Å². The standard InChI is InChI=1S/C20H28N6/c1-16-6-9-26(10-7-16)20-22-17(2)15-19(23-20)25-13-11-24(12-14-25)18-5-3-4-8-21-18/h3-5,8,15-16H,6-7,9-14H2,1-2H3. The highest BCUT2D eigenvalue weighted by molar-refractivity contribution is 5.48. The van der Waals surface area contributed by atoms with E-state index in [1.807, 2.05) is 18.3 Å². The Morgan fingerprint density at radius 3 is 2.19 bits per heavy atom. The van der Waals surface area contributed by atoms with Crippen LogP contribution < -0.4 is 14.7 Å². The van der Waals surface area contributed by atoms with Gasteiger partial charge in [0.25, 0.3) is 0 Å². The van der Waals surface area contributed by atoms with Gasteiger partial charge in [-0.25, -0.2) is 9.97 Å². The molecule has 26 heavy (non-hydrogen) atoms. The van der Waals surface area contributed by atoms with Crippen LogP contribution in [0.3, 0.4) is 0 Å². The second-order valence-electron chi connectivity index (χ2n) is 7.50. The van der Waals surface area contributed by atoms with Gasteiger partial charge in [0.15, 0.2) is 0 Å². The van der Waals surface area contributed by atoms with Gasteiger partial charge in [-0.2, -0.15) is 4.98 Å². The van der Waals surface area contributed by atoms with Crippen LogP contribution in [-0.4, -0.2) is 54.2 Å². The third-order valence-corrected chi connectivity index (χ3v) is 5.47. The Morgan fingerprint density at radius 2 is 1.54 bits per heavy atom. The maximum atomic E-state index is 4.91. The summed E-state index contributed by atoms with van der Waals surface area (Å²) in [5.41, 5.74) is 1.05. The minimum Gasteiger partial charge on any atom is -0.353 e. The minimum absolute atomic E-state index is 0.815. The van der Waals surface area contributed by atoms with E-state index in [1.54, 1.807) is 0 Å². The molecule has 0 amide bonds. The van der Waals surface area contributed by atoms with Crippen molar-refractivity contribution in [2.24, 2.45) is 5.92 Å². The van der Waals surface area contributed by atoms with Gasteiger partial charge in [-0.05, 0) is 37.8 Å². The van der Waals surface area contributed by atoms with Crippen molar-refractivity contribution >= 4 is 17.6 Å². The van der Waals surface area contributed by atoms with Gasteiger partial charge in [-0.3, -0.25) is 0 Å². The van der Waals surface area contributed by atoms with E-state index >= 15 is 0 Å². The predicted octanol–water partition coefficient (Wildman–Crippen LogP) is 2.74. The van der Waals surface area contributed by atoms with Crippen molar-refractivity contribution in [1.82, 2.24) is 15.0 Å². The molecule has 4 heterocycles. The summed E-state index contributed by atoms with van der Waals surface area (Å²) in [4.78, 5) is 21.2. The van der Waals surface area contributed by atoms with Crippen molar-refractivity contribution in [2.45, 2.75) is 26.7 Å². The van der Waals surface area contributed by atoms with E-state index in [0.29, 0.717) is 0 Å². The van der Waals surface area contributed by atoms with Crippen LogP contribution >= 0.6 is 0 Å². The van der Waals surface area contributed by atoms with Crippen LogP contribution in [0.4, 0.5) is 17.6 Å². The van der Waals surface area contributed by atoms with E-state index in [9.17, 15) is 0 Å². The third-order valence-electron chi connectivity index (χ3n) is 5.47. The fourth-order valence-electron chi connectivity index (χ4n) is 3.75. The Morgan fingerprint density at radius 1 is 0.846 bits per heavy atom. The van der Waals surface area contributed by atoms with Gasteiger partial charge in [-0.1, -0.05) is 13.0 Å². The smallest absolute Gasteiger partial charge is 0.227 e. The van der Waals surface area contributed by atoms with Gasteiger partial charge >= 0.3 is 0 Å². The number of aromatic nitrogens is 3. The zero-order valence-corrected chi connectivity index (χ0v) is 15.8. The topological polar surface area (TPSA) is 48.4 Å². The van der Waals surface area contributed by atoms with Crippen LogP contribution in [0.1, 0.15) is 25.5 Å². The van der Waals surface area contributed by atoms with Gasteiger partial charge < -0.3 is 14.7 Å². The molecule has 0 aromatic carbocycles. The van der Waals surface area contributed by atoms with Crippen molar-refractivity contribution in [3.05, 3.63) is 36.2 Å². The highest BCUT2D eigenvalue weighted by Gasteiger charge is 2.22. The number of hydrogen-bond donors (Lipinski definition) is 0. The van der Waals surface area contributed by atoms with Crippen LogP contribution in [0.25, 0.3) is 0 Å². The summed E-state index contributed by atoms with van der Waals surface area (Å²) >= 11 is 0. The maximum Gasteiger partial charge on any atom is 0.227 e. The number of piperazine rings is 1. The molecule has 6 nitrogen and oxygen atoms in total. The summed E-state index contributed by atoms with van der Waals surface area (Å²) in [5.74, 6) is 3.84. The number of rotatable bonds is 3. The van der Waals surface area contributed by atoms with Crippen molar-refractivity contribution in [1.29, 1.82) is 0 Å².